The van der Waals surface area contributed by atoms with Crippen LogP contribution in [0.4, 0.5) is 0 Å². The van der Waals surface area contributed by atoms with E-state index >= 15 is 0 Å². The molecule has 6 heteroatoms. The third kappa shape index (κ3) is 4.21. The van der Waals surface area contributed by atoms with Gasteiger partial charge in [0.25, 0.3) is 0 Å². The van der Waals surface area contributed by atoms with Crippen LogP contribution >= 0.6 is 11.3 Å². The largest absolute Gasteiger partial charge is 0.319 e. The van der Waals surface area contributed by atoms with Crippen molar-refractivity contribution >= 4 is 21.4 Å². The SMILES string of the molecule is CCC(NS(=O)(=O)CCNC)c1cccs1. The number of thiophene rings is 1. The molecular formula is C10H18N2O2S2. The Hall–Kier alpha value is -0.430. The summed E-state index contributed by atoms with van der Waals surface area (Å²) >= 11 is 1.58. The molecule has 0 saturated carbocycles. The molecule has 0 aliphatic carbocycles. The van der Waals surface area contributed by atoms with Gasteiger partial charge in [-0.15, -0.1) is 11.3 Å². The van der Waals surface area contributed by atoms with Crippen molar-refractivity contribution in [3.05, 3.63) is 22.4 Å². The van der Waals surface area contributed by atoms with E-state index in [4.69, 9.17) is 0 Å². The molecule has 0 amide bonds. The highest BCUT2D eigenvalue weighted by molar-refractivity contribution is 7.89. The van der Waals surface area contributed by atoms with Crippen molar-refractivity contribution in [2.24, 2.45) is 0 Å². The topological polar surface area (TPSA) is 58.2 Å². The first-order valence-electron chi connectivity index (χ1n) is 5.27. The second-order valence-corrected chi connectivity index (χ2v) is 6.37. The fourth-order valence-electron chi connectivity index (χ4n) is 1.34. The molecule has 1 heterocycles. The minimum absolute atomic E-state index is 0.0955. The molecule has 92 valence electrons. The second kappa shape index (κ2) is 6.34. The highest BCUT2D eigenvalue weighted by Gasteiger charge is 2.18. The Morgan fingerprint density at radius 3 is 2.75 bits per heavy atom. The first-order valence-corrected chi connectivity index (χ1v) is 7.80. The smallest absolute Gasteiger partial charge is 0.213 e. The molecule has 0 bridgehead atoms. The normalized spacial score (nSPS) is 13.9. The molecule has 2 N–H and O–H groups in total. The minimum Gasteiger partial charge on any atom is -0.319 e. The van der Waals surface area contributed by atoms with Crippen molar-refractivity contribution in [1.29, 1.82) is 0 Å². The molecule has 1 unspecified atom stereocenters. The third-order valence-corrected chi connectivity index (χ3v) is 4.61. The fourth-order valence-corrected chi connectivity index (χ4v) is 3.60. The van der Waals surface area contributed by atoms with E-state index < -0.39 is 10.0 Å². The van der Waals surface area contributed by atoms with Crippen molar-refractivity contribution < 1.29 is 8.42 Å². The minimum atomic E-state index is -3.19. The maximum absolute atomic E-state index is 11.7. The van der Waals surface area contributed by atoms with Gasteiger partial charge in [-0.25, -0.2) is 13.1 Å². The van der Waals surface area contributed by atoms with Gasteiger partial charge in [-0.05, 0) is 24.9 Å². The van der Waals surface area contributed by atoms with Crippen molar-refractivity contribution in [1.82, 2.24) is 10.0 Å². The van der Waals surface area contributed by atoms with Crippen LogP contribution in [0.2, 0.25) is 0 Å². The standard InChI is InChI=1S/C10H18N2O2S2/c1-3-9(10-5-4-7-15-10)12-16(13,14)8-6-11-2/h4-5,7,9,11-12H,3,6,8H2,1-2H3. The predicted octanol–water partition coefficient (Wildman–Crippen LogP) is 1.34. The molecule has 0 aliphatic heterocycles. The lowest BCUT2D eigenvalue weighted by Crippen LogP contribution is -2.33. The Morgan fingerprint density at radius 1 is 1.50 bits per heavy atom. The first kappa shape index (κ1) is 13.6. The van der Waals surface area contributed by atoms with Crippen LogP contribution in [-0.2, 0) is 10.0 Å². The summed E-state index contributed by atoms with van der Waals surface area (Å²) in [5, 5.41) is 4.79. The van der Waals surface area contributed by atoms with Crippen molar-refractivity contribution in [2.45, 2.75) is 19.4 Å². The molecule has 1 aromatic rings. The summed E-state index contributed by atoms with van der Waals surface area (Å²) < 4.78 is 26.1. The van der Waals surface area contributed by atoms with E-state index in [1.54, 1.807) is 18.4 Å². The summed E-state index contributed by atoms with van der Waals surface area (Å²) in [5.41, 5.74) is 0. The molecule has 1 atom stereocenters. The van der Waals surface area contributed by atoms with Gasteiger partial charge in [-0.2, -0.15) is 0 Å². The monoisotopic (exact) mass is 262 g/mol. The quantitative estimate of drug-likeness (QED) is 0.779. The highest BCUT2D eigenvalue weighted by Crippen LogP contribution is 2.22. The molecule has 0 fully saturated rings. The fraction of sp³-hybridized carbons (Fsp3) is 0.600. The zero-order chi connectivity index (χ0) is 12.0. The average Bonchev–Trinajstić information content (AvgIpc) is 2.76. The maximum atomic E-state index is 11.7. The summed E-state index contributed by atoms with van der Waals surface area (Å²) in [6.07, 6.45) is 0.763. The van der Waals surface area contributed by atoms with E-state index in [1.165, 1.54) is 0 Å². The zero-order valence-electron chi connectivity index (χ0n) is 9.56. The lowest BCUT2D eigenvalue weighted by Gasteiger charge is -2.15. The van der Waals surface area contributed by atoms with Gasteiger partial charge in [0.05, 0.1) is 11.8 Å². The lowest BCUT2D eigenvalue weighted by molar-refractivity contribution is 0.551. The van der Waals surface area contributed by atoms with Crippen LogP contribution in [0.5, 0.6) is 0 Å². The van der Waals surface area contributed by atoms with Gasteiger partial charge in [-0.1, -0.05) is 13.0 Å². The molecule has 0 aliphatic rings. The Labute approximate surface area is 101 Å². The van der Waals surface area contributed by atoms with Crippen LogP contribution in [0.15, 0.2) is 17.5 Å². The van der Waals surface area contributed by atoms with E-state index in [-0.39, 0.29) is 11.8 Å². The van der Waals surface area contributed by atoms with Crippen LogP contribution in [0.3, 0.4) is 0 Å². The summed E-state index contributed by atoms with van der Waals surface area (Å²) in [6.45, 7) is 2.45. The van der Waals surface area contributed by atoms with E-state index in [0.717, 1.165) is 11.3 Å². The third-order valence-electron chi connectivity index (χ3n) is 2.24. The molecule has 0 radical (unpaired) electrons. The second-order valence-electron chi connectivity index (χ2n) is 3.52. The molecule has 0 saturated heterocycles. The molecule has 4 nitrogen and oxygen atoms in total. The number of nitrogens with one attached hydrogen (secondary N) is 2. The van der Waals surface area contributed by atoms with Crippen LogP contribution in [0.25, 0.3) is 0 Å². The lowest BCUT2D eigenvalue weighted by atomic mass is 10.2. The summed E-state index contributed by atoms with van der Waals surface area (Å²) in [4.78, 5) is 1.07. The van der Waals surface area contributed by atoms with Crippen LogP contribution < -0.4 is 10.0 Å². The number of hydrogen-bond acceptors (Lipinski definition) is 4. The highest BCUT2D eigenvalue weighted by atomic mass is 32.2. The van der Waals surface area contributed by atoms with Crippen LogP contribution in [0.1, 0.15) is 24.3 Å². The van der Waals surface area contributed by atoms with E-state index in [1.807, 2.05) is 24.4 Å². The predicted molar refractivity (Wildman–Crippen MR) is 68.2 cm³/mol. The Balaban J connectivity index is 2.63. The van der Waals surface area contributed by atoms with Gasteiger partial charge in [0, 0.05) is 11.4 Å². The summed E-state index contributed by atoms with van der Waals surface area (Å²) in [6, 6.07) is 3.80. The average molecular weight is 262 g/mol. The molecule has 1 rings (SSSR count). The van der Waals surface area contributed by atoms with Crippen molar-refractivity contribution in [2.75, 3.05) is 19.3 Å². The van der Waals surface area contributed by atoms with Gasteiger partial charge >= 0.3 is 0 Å². The zero-order valence-corrected chi connectivity index (χ0v) is 11.2. The Bertz CT molecular complexity index is 387. The van der Waals surface area contributed by atoms with E-state index in [9.17, 15) is 8.42 Å². The van der Waals surface area contributed by atoms with E-state index in [0.29, 0.717) is 6.54 Å². The van der Waals surface area contributed by atoms with Gasteiger partial charge < -0.3 is 5.32 Å². The molecule has 16 heavy (non-hydrogen) atoms. The number of rotatable bonds is 7. The maximum Gasteiger partial charge on any atom is 0.213 e. The van der Waals surface area contributed by atoms with Crippen molar-refractivity contribution in [3.63, 3.8) is 0 Å². The van der Waals surface area contributed by atoms with Gasteiger partial charge in [0.15, 0.2) is 0 Å². The molecule has 0 spiro atoms. The Kier molecular flexibility index (Phi) is 5.40. The Morgan fingerprint density at radius 2 is 2.25 bits per heavy atom. The number of sulfonamides is 1. The number of hydrogen-bond donors (Lipinski definition) is 2. The first-order chi connectivity index (χ1) is 7.59. The molecule has 0 aromatic carbocycles. The van der Waals surface area contributed by atoms with Gasteiger partial charge in [0.1, 0.15) is 0 Å². The van der Waals surface area contributed by atoms with Crippen molar-refractivity contribution in [3.8, 4) is 0 Å². The van der Waals surface area contributed by atoms with E-state index in [2.05, 4.69) is 10.0 Å². The van der Waals surface area contributed by atoms with Gasteiger partial charge in [-0.3, -0.25) is 0 Å². The van der Waals surface area contributed by atoms with Crippen LogP contribution in [0, 0.1) is 0 Å². The van der Waals surface area contributed by atoms with Crippen LogP contribution in [-0.4, -0.2) is 27.8 Å². The summed E-state index contributed by atoms with van der Waals surface area (Å²) in [5.74, 6) is 0.116. The van der Waals surface area contributed by atoms with Gasteiger partial charge in [0.2, 0.25) is 10.0 Å². The molecular weight excluding hydrogens is 244 g/mol. The molecule has 1 aromatic heterocycles. The summed E-state index contributed by atoms with van der Waals surface area (Å²) in [7, 11) is -1.44.